The Kier molecular flexibility index (Phi) is 4.82. The normalized spacial score (nSPS) is 10.5. The first-order valence-electron chi connectivity index (χ1n) is 6.24. The molecule has 2 rings (SSSR count). The fraction of sp³-hybridized carbons (Fsp3) is 0.143. The summed E-state index contributed by atoms with van der Waals surface area (Å²) in [5.74, 6) is -1.05. The monoisotopic (exact) mass is 359 g/mol. The lowest BCUT2D eigenvalue weighted by atomic mass is 10.1. The van der Waals surface area contributed by atoms with Gasteiger partial charge in [0.1, 0.15) is 5.02 Å². The average Bonchev–Trinajstić information content (AvgIpc) is 2.43. The Bertz CT molecular complexity index is 784. The van der Waals surface area contributed by atoms with Crippen molar-refractivity contribution in [1.82, 2.24) is 4.98 Å². The summed E-state index contributed by atoms with van der Waals surface area (Å²) in [4.78, 5) is 16.1. The van der Waals surface area contributed by atoms with Crippen molar-refractivity contribution in [2.75, 3.05) is 24.7 Å². The first-order valence-corrected chi connectivity index (χ1v) is 7.00. The van der Waals surface area contributed by atoms with E-state index in [-0.39, 0.29) is 32.7 Å². The van der Waals surface area contributed by atoms with E-state index in [0.29, 0.717) is 0 Å². The molecule has 122 valence electrons. The number of benzene rings is 1. The van der Waals surface area contributed by atoms with Gasteiger partial charge in [-0.15, -0.1) is 0 Å². The lowest BCUT2D eigenvalue weighted by Gasteiger charge is -2.17. The second-order valence-electron chi connectivity index (χ2n) is 4.74. The van der Waals surface area contributed by atoms with Crippen LogP contribution in [-0.2, 0) is 0 Å². The van der Waals surface area contributed by atoms with Gasteiger partial charge < -0.3 is 20.5 Å². The predicted molar refractivity (Wildman–Crippen MR) is 87.0 cm³/mol. The number of anilines is 2. The van der Waals surface area contributed by atoms with E-state index >= 15 is 0 Å². The molecule has 0 amide bonds. The van der Waals surface area contributed by atoms with Crippen LogP contribution in [0.5, 0.6) is 5.88 Å². The van der Waals surface area contributed by atoms with E-state index < -0.39 is 17.9 Å². The maximum atomic E-state index is 14.7. The van der Waals surface area contributed by atoms with Crippen molar-refractivity contribution in [3.63, 3.8) is 0 Å². The number of nitrogens with two attached hydrogens (primary N) is 1. The van der Waals surface area contributed by atoms with E-state index in [9.17, 15) is 9.18 Å². The summed E-state index contributed by atoms with van der Waals surface area (Å²) in [6, 6.07) is 4.23. The second-order valence-corrected chi connectivity index (χ2v) is 5.52. The molecule has 0 saturated carbocycles. The molecular formula is C14H12Cl2FN3O3. The van der Waals surface area contributed by atoms with Gasteiger partial charge in [0.25, 0.3) is 0 Å². The van der Waals surface area contributed by atoms with Crippen LogP contribution < -0.4 is 15.4 Å². The summed E-state index contributed by atoms with van der Waals surface area (Å²) in [7, 11) is 3.27. The zero-order valence-corrected chi connectivity index (χ0v) is 13.6. The summed E-state index contributed by atoms with van der Waals surface area (Å²) < 4.78 is 19.2. The van der Waals surface area contributed by atoms with E-state index in [4.69, 9.17) is 34.0 Å². The highest BCUT2D eigenvalue weighted by molar-refractivity contribution is 6.34. The van der Waals surface area contributed by atoms with Crippen molar-refractivity contribution in [1.29, 1.82) is 0 Å². The maximum absolute atomic E-state index is 14.7. The van der Waals surface area contributed by atoms with Crippen molar-refractivity contribution in [2.45, 2.75) is 0 Å². The Morgan fingerprint density at radius 3 is 2.61 bits per heavy atom. The summed E-state index contributed by atoms with van der Waals surface area (Å²) >= 11 is 11.8. The predicted octanol–water partition coefficient (Wildman–Crippen LogP) is 3.90. The summed E-state index contributed by atoms with van der Waals surface area (Å²) in [6.07, 6.45) is -1.61. The van der Waals surface area contributed by atoms with Crippen LogP contribution in [0, 0.1) is 5.82 Å². The van der Waals surface area contributed by atoms with Crippen LogP contribution in [0.25, 0.3) is 11.3 Å². The number of hydrogen-bond acceptors (Lipinski definition) is 5. The third-order valence-corrected chi connectivity index (χ3v) is 3.61. The molecular weight excluding hydrogens is 348 g/mol. The third kappa shape index (κ3) is 3.40. The molecule has 0 bridgehead atoms. The lowest BCUT2D eigenvalue weighted by Crippen LogP contribution is -2.12. The molecule has 0 aliphatic rings. The van der Waals surface area contributed by atoms with E-state index in [2.05, 4.69) is 9.72 Å². The molecule has 0 radical (unpaired) electrons. The van der Waals surface area contributed by atoms with Crippen LogP contribution in [0.1, 0.15) is 0 Å². The van der Waals surface area contributed by atoms with Gasteiger partial charge in [-0.2, -0.15) is 0 Å². The van der Waals surface area contributed by atoms with Crippen molar-refractivity contribution >= 4 is 40.7 Å². The number of rotatable bonds is 3. The second kappa shape index (κ2) is 6.47. The summed E-state index contributed by atoms with van der Waals surface area (Å²) in [5.41, 5.74) is 6.03. The Morgan fingerprint density at radius 1 is 1.39 bits per heavy atom. The van der Waals surface area contributed by atoms with E-state index in [1.165, 1.54) is 23.1 Å². The molecule has 23 heavy (non-hydrogen) atoms. The number of nitrogens with zero attached hydrogens (tertiary/aromatic N) is 2. The molecule has 1 heterocycles. The van der Waals surface area contributed by atoms with Gasteiger partial charge in [-0.25, -0.2) is 14.2 Å². The molecule has 0 fully saturated rings. The van der Waals surface area contributed by atoms with Crippen LogP contribution in [-0.4, -0.2) is 30.3 Å². The van der Waals surface area contributed by atoms with Gasteiger partial charge in [0, 0.05) is 19.7 Å². The van der Waals surface area contributed by atoms with Gasteiger partial charge in [0.05, 0.1) is 22.1 Å². The van der Waals surface area contributed by atoms with Gasteiger partial charge >= 0.3 is 6.16 Å². The average molecular weight is 360 g/mol. The number of nitrogen functional groups attached to an aromatic ring is 1. The van der Waals surface area contributed by atoms with E-state index in [0.717, 1.165) is 0 Å². The first-order chi connectivity index (χ1) is 10.7. The zero-order chi connectivity index (χ0) is 17.3. The van der Waals surface area contributed by atoms with Crippen LogP contribution in [0.2, 0.25) is 10.0 Å². The molecule has 2 aromatic rings. The SMILES string of the molecule is CN(C)c1c(Cl)ccc(-c2cc(N)c(Cl)c(OC(=O)O)n2)c1F. The minimum Gasteiger partial charge on any atom is -0.449 e. The fourth-order valence-electron chi connectivity index (χ4n) is 1.96. The Hall–Kier alpha value is -2.25. The molecule has 0 aliphatic carbocycles. The number of halogens is 3. The molecule has 1 aromatic carbocycles. The number of aromatic nitrogens is 1. The van der Waals surface area contributed by atoms with Crippen LogP contribution in [0.3, 0.4) is 0 Å². The number of hydrogen-bond donors (Lipinski definition) is 2. The molecule has 9 heteroatoms. The summed E-state index contributed by atoms with van der Waals surface area (Å²) in [6.45, 7) is 0. The smallest absolute Gasteiger partial charge is 0.449 e. The van der Waals surface area contributed by atoms with E-state index in [1.807, 2.05) is 0 Å². The van der Waals surface area contributed by atoms with Gasteiger partial charge in [-0.3, -0.25) is 0 Å². The highest BCUT2D eigenvalue weighted by Gasteiger charge is 2.20. The lowest BCUT2D eigenvalue weighted by molar-refractivity contribution is 0.142. The van der Waals surface area contributed by atoms with E-state index in [1.54, 1.807) is 14.1 Å². The minimum atomic E-state index is -1.61. The van der Waals surface area contributed by atoms with Crippen molar-refractivity contribution in [3.05, 3.63) is 34.1 Å². The molecule has 0 aliphatic heterocycles. The quantitative estimate of drug-likeness (QED) is 0.807. The van der Waals surface area contributed by atoms with Crippen molar-refractivity contribution in [3.8, 4) is 17.1 Å². The highest BCUT2D eigenvalue weighted by atomic mass is 35.5. The molecule has 6 nitrogen and oxygen atoms in total. The molecule has 1 aromatic heterocycles. The van der Waals surface area contributed by atoms with Gasteiger partial charge in [0.2, 0.25) is 5.88 Å². The largest absolute Gasteiger partial charge is 0.512 e. The number of ether oxygens (including phenoxy) is 1. The molecule has 0 spiro atoms. The minimum absolute atomic E-state index is 0.00803. The Morgan fingerprint density at radius 2 is 2.04 bits per heavy atom. The highest BCUT2D eigenvalue weighted by Crippen LogP contribution is 2.37. The molecule has 0 unspecified atom stereocenters. The number of carboxylic acid groups (broad SMARTS) is 1. The van der Waals surface area contributed by atoms with Crippen molar-refractivity contribution in [2.24, 2.45) is 0 Å². The Balaban J connectivity index is 2.65. The standard InChI is InChI=1S/C14H12Cl2FN3O3/c1-20(2)12-7(15)4-3-6(11(12)17)9-5-8(18)10(16)13(19-9)23-14(21)22/h3-5H,1-2H3,(H2,18,19)(H,21,22). The fourth-order valence-corrected chi connectivity index (χ4v) is 2.41. The van der Waals surface area contributed by atoms with Gasteiger partial charge in [-0.1, -0.05) is 23.2 Å². The number of pyridine rings is 1. The van der Waals surface area contributed by atoms with Gasteiger partial charge in [0.15, 0.2) is 5.82 Å². The molecule has 0 atom stereocenters. The van der Waals surface area contributed by atoms with Crippen LogP contribution in [0.15, 0.2) is 18.2 Å². The molecule has 0 saturated heterocycles. The topological polar surface area (TPSA) is 88.7 Å². The van der Waals surface area contributed by atoms with Gasteiger partial charge in [-0.05, 0) is 18.2 Å². The maximum Gasteiger partial charge on any atom is 0.512 e. The number of carbonyl (C=O) groups is 1. The third-order valence-electron chi connectivity index (χ3n) is 2.93. The van der Waals surface area contributed by atoms with Crippen LogP contribution >= 0.6 is 23.2 Å². The first kappa shape index (κ1) is 17.1. The summed E-state index contributed by atoms with van der Waals surface area (Å²) in [5, 5.41) is 8.75. The van der Waals surface area contributed by atoms with Crippen LogP contribution in [0.4, 0.5) is 20.6 Å². The van der Waals surface area contributed by atoms with Crippen molar-refractivity contribution < 1.29 is 19.0 Å². The zero-order valence-electron chi connectivity index (χ0n) is 12.1. The Labute approximate surface area is 141 Å². The molecule has 3 N–H and O–H groups in total.